The third-order valence-electron chi connectivity index (χ3n) is 4.13. The van der Waals surface area contributed by atoms with Gasteiger partial charge in [-0.2, -0.15) is 0 Å². The summed E-state index contributed by atoms with van der Waals surface area (Å²) in [4.78, 5) is 14.0. The minimum absolute atomic E-state index is 0.0894. The van der Waals surface area contributed by atoms with Crippen LogP contribution < -0.4 is 0 Å². The van der Waals surface area contributed by atoms with Crippen molar-refractivity contribution in [1.82, 2.24) is 9.32 Å². The lowest BCUT2D eigenvalue weighted by Gasteiger charge is -2.53. The first kappa shape index (κ1) is 16.8. The van der Waals surface area contributed by atoms with Crippen LogP contribution in [0, 0.1) is 0 Å². The zero-order chi connectivity index (χ0) is 14.8. The van der Waals surface area contributed by atoms with Crippen molar-refractivity contribution in [2.75, 3.05) is 6.54 Å². The highest BCUT2D eigenvalue weighted by Gasteiger charge is 2.46. The van der Waals surface area contributed by atoms with Gasteiger partial charge in [-0.15, -0.1) is 0 Å². The van der Waals surface area contributed by atoms with Crippen molar-refractivity contribution in [1.29, 1.82) is 0 Å². The average molecular weight is 289 g/mol. The molecular formula is C15H29ClN2O. The monoisotopic (exact) mass is 288 g/mol. The quantitative estimate of drug-likeness (QED) is 0.735. The van der Waals surface area contributed by atoms with E-state index in [2.05, 4.69) is 39.5 Å². The fraction of sp³-hybridized carbons (Fsp3) is 0.933. The van der Waals surface area contributed by atoms with E-state index in [9.17, 15) is 4.79 Å². The molecule has 1 heterocycles. The molecule has 1 fully saturated rings. The molecule has 0 bridgehead atoms. The molecule has 0 atom stereocenters. The van der Waals surface area contributed by atoms with E-state index in [4.69, 9.17) is 11.8 Å². The molecular weight excluding hydrogens is 260 g/mol. The predicted molar refractivity (Wildman–Crippen MR) is 81.2 cm³/mol. The normalized spacial score (nSPS) is 23.3. The van der Waals surface area contributed by atoms with E-state index >= 15 is 0 Å². The van der Waals surface area contributed by atoms with Crippen LogP contribution in [-0.2, 0) is 4.79 Å². The van der Waals surface area contributed by atoms with Crippen LogP contribution in [0.25, 0.3) is 0 Å². The molecule has 0 unspecified atom stereocenters. The molecule has 1 saturated heterocycles. The maximum Gasteiger partial charge on any atom is 0.219 e. The van der Waals surface area contributed by atoms with E-state index in [-0.39, 0.29) is 17.0 Å². The highest BCUT2D eigenvalue weighted by atomic mass is 35.5. The zero-order valence-corrected chi connectivity index (χ0v) is 14.0. The number of rotatable bonds is 4. The number of carbonyl (C=O) groups is 1. The summed E-state index contributed by atoms with van der Waals surface area (Å²) in [6, 6.07) is 0.295. The van der Waals surface area contributed by atoms with Crippen LogP contribution in [0.3, 0.4) is 0 Å². The van der Waals surface area contributed by atoms with Gasteiger partial charge in [0, 0.05) is 30.6 Å². The average Bonchev–Trinajstić information content (AvgIpc) is 2.25. The minimum atomic E-state index is -0.0894. The third kappa shape index (κ3) is 3.85. The molecule has 0 aromatic heterocycles. The molecule has 0 radical (unpaired) electrons. The first-order chi connectivity index (χ1) is 8.62. The third-order valence-corrected chi connectivity index (χ3v) is 5.05. The van der Waals surface area contributed by atoms with Crippen LogP contribution in [0.2, 0.25) is 0 Å². The van der Waals surface area contributed by atoms with E-state index in [1.807, 2.05) is 4.42 Å². The largest absolute Gasteiger partial charge is 0.340 e. The predicted octanol–water partition coefficient (Wildman–Crippen LogP) is 3.81. The van der Waals surface area contributed by atoms with Gasteiger partial charge < -0.3 is 4.90 Å². The molecule has 112 valence electrons. The highest BCUT2D eigenvalue weighted by Crippen LogP contribution is 2.41. The molecule has 0 aromatic rings. The van der Waals surface area contributed by atoms with Crippen LogP contribution in [0.5, 0.6) is 0 Å². The second kappa shape index (κ2) is 6.01. The first-order valence-electron chi connectivity index (χ1n) is 7.35. The molecule has 0 aliphatic carbocycles. The number of carbonyl (C=O) groups excluding carboxylic acids is 1. The van der Waals surface area contributed by atoms with Crippen molar-refractivity contribution in [3.8, 4) is 0 Å². The minimum Gasteiger partial charge on any atom is -0.340 e. The summed E-state index contributed by atoms with van der Waals surface area (Å²) in [7, 11) is 0. The van der Waals surface area contributed by atoms with Gasteiger partial charge in [-0.1, -0.05) is 13.3 Å². The van der Waals surface area contributed by atoms with Gasteiger partial charge in [-0.25, -0.2) is 4.42 Å². The molecule has 1 aliphatic rings. The summed E-state index contributed by atoms with van der Waals surface area (Å²) in [5.74, 6) is 0.188. The number of nitrogens with zero attached hydrogens (tertiary/aromatic N) is 2. The van der Waals surface area contributed by atoms with Gasteiger partial charge in [0.15, 0.2) is 0 Å². The number of unbranched alkanes of at least 4 members (excludes halogenated alkanes) is 1. The van der Waals surface area contributed by atoms with Crippen molar-refractivity contribution in [2.24, 2.45) is 0 Å². The first-order valence-corrected chi connectivity index (χ1v) is 7.69. The standard InChI is InChI=1S/C15H29ClN2O/c1-7-8-9-17(12(2)19)13-10-14(3,4)18(16)15(5,6)11-13/h13H,7-11H2,1-6H3. The summed E-state index contributed by atoms with van der Waals surface area (Å²) in [6.45, 7) is 13.3. The summed E-state index contributed by atoms with van der Waals surface area (Å²) in [5.41, 5.74) is -0.179. The Labute approximate surface area is 123 Å². The second-order valence-electron chi connectivity index (χ2n) is 7.03. The van der Waals surface area contributed by atoms with Gasteiger partial charge in [-0.3, -0.25) is 4.79 Å². The van der Waals surface area contributed by atoms with E-state index in [0.717, 1.165) is 32.2 Å². The number of halogens is 1. The number of amides is 1. The van der Waals surface area contributed by atoms with Crippen LogP contribution in [0.15, 0.2) is 0 Å². The Morgan fingerprint density at radius 1 is 1.26 bits per heavy atom. The lowest BCUT2D eigenvalue weighted by atomic mass is 9.78. The Kier molecular flexibility index (Phi) is 5.30. The van der Waals surface area contributed by atoms with Crippen molar-refractivity contribution in [3.63, 3.8) is 0 Å². The Morgan fingerprint density at radius 3 is 2.11 bits per heavy atom. The molecule has 0 N–H and O–H groups in total. The molecule has 4 heteroatoms. The summed E-state index contributed by atoms with van der Waals surface area (Å²) >= 11 is 6.48. The fourth-order valence-corrected chi connectivity index (χ4v) is 3.49. The van der Waals surface area contributed by atoms with Crippen molar-refractivity contribution in [2.45, 2.75) is 84.3 Å². The van der Waals surface area contributed by atoms with Crippen LogP contribution in [0.1, 0.15) is 67.2 Å². The number of hydrogen-bond donors (Lipinski definition) is 0. The van der Waals surface area contributed by atoms with Crippen molar-refractivity contribution < 1.29 is 4.79 Å². The molecule has 1 amide bonds. The lowest BCUT2D eigenvalue weighted by molar-refractivity contribution is -0.134. The number of piperidine rings is 1. The zero-order valence-electron chi connectivity index (χ0n) is 13.3. The molecule has 3 nitrogen and oxygen atoms in total. The molecule has 0 spiro atoms. The van der Waals surface area contributed by atoms with E-state index in [1.165, 1.54) is 0 Å². The highest BCUT2D eigenvalue weighted by molar-refractivity contribution is 6.14. The Balaban J connectivity index is 2.90. The van der Waals surface area contributed by atoms with Gasteiger partial charge in [0.1, 0.15) is 0 Å². The van der Waals surface area contributed by atoms with Gasteiger partial charge in [0.05, 0.1) is 0 Å². The van der Waals surface area contributed by atoms with E-state index in [1.54, 1.807) is 6.92 Å². The van der Waals surface area contributed by atoms with Gasteiger partial charge in [-0.05, 0) is 58.7 Å². The maximum atomic E-state index is 11.9. The summed E-state index contributed by atoms with van der Waals surface area (Å²) in [5, 5.41) is 0. The summed E-state index contributed by atoms with van der Waals surface area (Å²) < 4.78 is 1.94. The van der Waals surface area contributed by atoms with Gasteiger partial charge >= 0.3 is 0 Å². The molecule has 0 saturated carbocycles. The fourth-order valence-electron chi connectivity index (χ4n) is 3.35. The smallest absolute Gasteiger partial charge is 0.219 e. The molecule has 0 aromatic carbocycles. The molecule has 19 heavy (non-hydrogen) atoms. The van der Waals surface area contributed by atoms with Gasteiger partial charge in [0.25, 0.3) is 0 Å². The van der Waals surface area contributed by atoms with E-state index in [0.29, 0.717) is 6.04 Å². The topological polar surface area (TPSA) is 23.6 Å². The van der Waals surface area contributed by atoms with Crippen molar-refractivity contribution >= 4 is 17.7 Å². The maximum absolute atomic E-state index is 11.9. The lowest BCUT2D eigenvalue weighted by Crippen LogP contribution is -2.61. The Hall–Kier alpha value is -0.280. The Bertz CT molecular complexity index is 310. The molecule has 1 aliphatic heterocycles. The summed E-state index contributed by atoms with van der Waals surface area (Å²) in [6.07, 6.45) is 4.05. The van der Waals surface area contributed by atoms with Crippen LogP contribution in [0.4, 0.5) is 0 Å². The van der Waals surface area contributed by atoms with Gasteiger partial charge in [0.2, 0.25) is 5.91 Å². The number of hydrogen-bond acceptors (Lipinski definition) is 2. The SMILES string of the molecule is CCCCN(C(C)=O)C1CC(C)(C)N(Cl)C(C)(C)C1. The van der Waals surface area contributed by atoms with Crippen molar-refractivity contribution in [3.05, 3.63) is 0 Å². The second-order valence-corrected chi connectivity index (χ2v) is 7.37. The van der Waals surface area contributed by atoms with Crippen LogP contribution >= 0.6 is 11.8 Å². The van der Waals surface area contributed by atoms with E-state index < -0.39 is 0 Å². The van der Waals surface area contributed by atoms with Crippen LogP contribution in [-0.4, -0.2) is 38.9 Å². The molecule has 1 rings (SSSR count). The Morgan fingerprint density at radius 2 is 1.74 bits per heavy atom.